The molecule has 0 aliphatic heterocycles. The van der Waals surface area contributed by atoms with E-state index < -0.39 is 0 Å². The monoisotopic (exact) mass is 366 g/mol. The first-order valence-corrected chi connectivity index (χ1v) is 8.23. The summed E-state index contributed by atoms with van der Waals surface area (Å²) in [6, 6.07) is 12.4. The number of hydrogen-bond donors (Lipinski definition) is 0. The van der Waals surface area contributed by atoms with E-state index in [4.69, 9.17) is 32.7 Å². The maximum absolute atomic E-state index is 6.10. The molecular formula is C18H20Cl2N2O2. The second kappa shape index (κ2) is 8.27. The van der Waals surface area contributed by atoms with Crippen molar-refractivity contribution in [1.29, 1.82) is 0 Å². The molecular weight excluding hydrogens is 347 g/mol. The minimum Gasteiger partial charge on any atom is -0.485 e. The summed E-state index contributed by atoms with van der Waals surface area (Å²) in [6.45, 7) is 3.89. The van der Waals surface area contributed by atoms with Crippen LogP contribution in [-0.2, 0) is 0 Å². The normalized spacial score (nSPS) is 12.7. The molecule has 0 radical (unpaired) electrons. The topological polar surface area (TPSA) is 34.1 Å². The zero-order chi connectivity index (χ0) is 17.7. The smallest absolute Gasteiger partial charge is 0.146 e. The van der Waals surface area contributed by atoms with Gasteiger partial charge in [0.25, 0.3) is 0 Å². The van der Waals surface area contributed by atoms with E-state index in [0.717, 1.165) is 11.5 Å². The van der Waals surface area contributed by atoms with Crippen molar-refractivity contribution in [3.8, 4) is 17.2 Å². The average Bonchev–Trinajstić information content (AvgIpc) is 2.51. The van der Waals surface area contributed by atoms with Crippen molar-refractivity contribution in [3.05, 3.63) is 52.5 Å². The fraction of sp³-hybridized carbons (Fsp3) is 0.278. The lowest BCUT2D eigenvalue weighted by Gasteiger charge is -2.16. The van der Waals surface area contributed by atoms with E-state index >= 15 is 0 Å². The highest BCUT2D eigenvalue weighted by atomic mass is 35.5. The average molecular weight is 367 g/mol. The Morgan fingerprint density at radius 2 is 1.67 bits per heavy atom. The molecule has 2 rings (SSSR count). The van der Waals surface area contributed by atoms with Crippen molar-refractivity contribution in [2.75, 3.05) is 14.1 Å². The molecule has 0 fully saturated rings. The van der Waals surface area contributed by atoms with Gasteiger partial charge in [0.2, 0.25) is 0 Å². The highest BCUT2D eigenvalue weighted by Crippen LogP contribution is 2.32. The molecule has 0 bridgehead atoms. The van der Waals surface area contributed by atoms with Crippen LogP contribution in [0.25, 0.3) is 0 Å². The van der Waals surface area contributed by atoms with Gasteiger partial charge in [-0.2, -0.15) is 5.10 Å². The zero-order valence-electron chi connectivity index (χ0n) is 14.1. The van der Waals surface area contributed by atoms with E-state index in [0.29, 0.717) is 21.5 Å². The standard InChI is InChI=1S/C18H20Cl2N2O2/c1-12(21-22(3)4)13(2)23-15-6-8-16(9-7-15)24-18-10-5-14(19)11-17(18)20/h5-11,13H,1-4H3. The molecule has 24 heavy (non-hydrogen) atoms. The van der Waals surface area contributed by atoms with Crippen LogP contribution in [0.4, 0.5) is 0 Å². The van der Waals surface area contributed by atoms with E-state index in [-0.39, 0.29) is 6.10 Å². The minimum absolute atomic E-state index is 0.120. The number of hydrogen-bond acceptors (Lipinski definition) is 4. The molecule has 1 atom stereocenters. The van der Waals surface area contributed by atoms with Gasteiger partial charge in [0.15, 0.2) is 0 Å². The van der Waals surface area contributed by atoms with Crippen LogP contribution in [0.3, 0.4) is 0 Å². The third-order valence-electron chi connectivity index (χ3n) is 3.20. The van der Waals surface area contributed by atoms with Gasteiger partial charge in [0.1, 0.15) is 23.4 Å². The lowest BCUT2D eigenvalue weighted by atomic mass is 10.2. The molecule has 0 aromatic heterocycles. The van der Waals surface area contributed by atoms with Crippen molar-refractivity contribution in [3.63, 3.8) is 0 Å². The Morgan fingerprint density at radius 1 is 1.04 bits per heavy atom. The molecule has 0 N–H and O–H groups in total. The van der Waals surface area contributed by atoms with Gasteiger partial charge in [-0.25, -0.2) is 0 Å². The second-order valence-electron chi connectivity index (χ2n) is 5.50. The fourth-order valence-electron chi connectivity index (χ4n) is 1.96. The second-order valence-corrected chi connectivity index (χ2v) is 6.34. The van der Waals surface area contributed by atoms with Crippen molar-refractivity contribution in [2.24, 2.45) is 5.10 Å². The van der Waals surface area contributed by atoms with Crippen LogP contribution in [0.2, 0.25) is 10.0 Å². The molecule has 1 unspecified atom stereocenters. The summed E-state index contributed by atoms with van der Waals surface area (Å²) < 4.78 is 11.6. The number of ether oxygens (including phenoxy) is 2. The van der Waals surface area contributed by atoms with Gasteiger partial charge < -0.3 is 14.5 Å². The largest absolute Gasteiger partial charge is 0.485 e. The van der Waals surface area contributed by atoms with Crippen LogP contribution >= 0.6 is 23.2 Å². The SMILES string of the molecule is CC(=NN(C)C)C(C)Oc1ccc(Oc2ccc(Cl)cc2Cl)cc1. The van der Waals surface area contributed by atoms with E-state index in [9.17, 15) is 0 Å². The first-order chi connectivity index (χ1) is 11.3. The number of nitrogens with zero attached hydrogens (tertiary/aromatic N) is 2. The molecule has 0 aliphatic rings. The molecule has 2 aromatic rings. The predicted octanol–water partition coefficient (Wildman–Crippen LogP) is 5.49. The van der Waals surface area contributed by atoms with Gasteiger partial charge in [-0.1, -0.05) is 23.2 Å². The number of hydrazone groups is 1. The van der Waals surface area contributed by atoms with Crippen LogP contribution < -0.4 is 9.47 Å². The van der Waals surface area contributed by atoms with Gasteiger partial charge in [-0.15, -0.1) is 0 Å². The van der Waals surface area contributed by atoms with E-state index in [2.05, 4.69) is 5.10 Å². The van der Waals surface area contributed by atoms with E-state index in [1.165, 1.54) is 0 Å². The van der Waals surface area contributed by atoms with Crippen LogP contribution in [0.15, 0.2) is 47.6 Å². The molecule has 0 saturated carbocycles. The van der Waals surface area contributed by atoms with Crippen LogP contribution in [0.5, 0.6) is 17.2 Å². The quantitative estimate of drug-likeness (QED) is 0.500. The highest BCUT2D eigenvalue weighted by Gasteiger charge is 2.09. The summed E-state index contributed by atoms with van der Waals surface area (Å²) in [5.74, 6) is 1.96. The molecule has 128 valence electrons. The maximum atomic E-state index is 6.10. The fourth-order valence-corrected chi connectivity index (χ4v) is 2.40. The van der Waals surface area contributed by atoms with Crippen molar-refractivity contribution in [2.45, 2.75) is 20.0 Å². The summed E-state index contributed by atoms with van der Waals surface area (Å²) in [6.07, 6.45) is -0.120. The Hall–Kier alpha value is -1.91. The molecule has 0 saturated heterocycles. The van der Waals surface area contributed by atoms with E-state index in [1.54, 1.807) is 23.2 Å². The summed E-state index contributed by atoms with van der Waals surface area (Å²) in [5, 5.41) is 7.12. The van der Waals surface area contributed by atoms with Crippen LogP contribution in [0, 0.1) is 0 Å². The van der Waals surface area contributed by atoms with Gasteiger partial charge >= 0.3 is 0 Å². The molecule has 6 heteroatoms. The molecule has 0 spiro atoms. The predicted molar refractivity (Wildman–Crippen MR) is 99.9 cm³/mol. The van der Waals surface area contributed by atoms with Crippen LogP contribution in [-0.4, -0.2) is 30.9 Å². The number of halogens is 2. The minimum atomic E-state index is -0.120. The summed E-state index contributed by atoms with van der Waals surface area (Å²) >= 11 is 12.0. The highest BCUT2D eigenvalue weighted by molar-refractivity contribution is 6.35. The Balaban J connectivity index is 2.02. The number of benzene rings is 2. The van der Waals surface area contributed by atoms with E-state index in [1.807, 2.05) is 52.2 Å². The first kappa shape index (κ1) is 18.4. The number of rotatable bonds is 6. The first-order valence-electron chi connectivity index (χ1n) is 7.47. The Labute approximate surface area is 152 Å². The van der Waals surface area contributed by atoms with Crippen molar-refractivity contribution in [1.82, 2.24) is 5.01 Å². The van der Waals surface area contributed by atoms with Gasteiger partial charge in [0.05, 0.1) is 10.7 Å². The summed E-state index contributed by atoms with van der Waals surface area (Å²) in [4.78, 5) is 0. The van der Waals surface area contributed by atoms with Gasteiger partial charge in [-0.3, -0.25) is 0 Å². The molecule has 0 heterocycles. The molecule has 2 aromatic carbocycles. The zero-order valence-corrected chi connectivity index (χ0v) is 15.6. The summed E-state index contributed by atoms with van der Waals surface area (Å²) in [7, 11) is 3.76. The van der Waals surface area contributed by atoms with Crippen molar-refractivity contribution < 1.29 is 9.47 Å². The molecule has 4 nitrogen and oxygen atoms in total. The van der Waals surface area contributed by atoms with Crippen LogP contribution in [0.1, 0.15) is 13.8 Å². The Bertz CT molecular complexity index is 715. The Morgan fingerprint density at radius 3 is 2.25 bits per heavy atom. The van der Waals surface area contributed by atoms with Gasteiger partial charge in [-0.05, 0) is 56.3 Å². The third-order valence-corrected chi connectivity index (χ3v) is 3.73. The molecule has 0 aliphatic carbocycles. The Kier molecular flexibility index (Phi) is 6.35. The molecule has 0 amide bonds. The lowest BCUT2D eigenvalue weighted by Crippen LogP contribution is -2.23. The third kappa shape index (κ3) is 5.32. The van der Waals surface area contributed by atoms with Gasteiger partial charge in [0, 0.05) is 19.1 Å². The van der Waals surface area contributed by atoms with Crippen molar-refractivity contribution >= 4 is 28.9 Å². The summed E-state index contributed by atoms with van der Waals surface area (Å²) in [5.41, 5.74) is 0.897. The maximum Gasteiger partial charge on any atom is 0.146 e. The lowest BCUT2D eigenvalue weighted by molar-refractivity contribution is 0.281.